The predicted molar refractivity (Wildman–Crippen MR) is 122 cm³/mol. The predicted octanol–water partition coefficient (Wildman–Crippen LogP) is 1.71. The fourth-order valence-corrected chi connectivity index (χ4v) is 5.26. The van der Waals surface area contributed by atoms with Crippen molar-refractivity contribution in [3.63, 3.8) is 0 Å². The van der Waals surface area contributed by atoms with Crippen LogP contribution in [-0.2, 0) is 24.2 Å². The van der Waals surface area contributed by atoms with Crippen molar-refractivity contribution >= 4 is 23.2 Å². The molecular weight excluding hydrogens is 428 g/mol. The maximum absolute atomic E-state index is 13.2. The first-order chi connectivity index (χ1) is 15.5. The van der Waals surface area contributed by atoms with E-state index >= 15 is 0 Å². The number of nitrogens with one attached hydrogen (secondary N) is 1. The zero-order valence-electron chi connectivity index (χ0n) is 19.1. The number of thiazole rings is 1. The molecule has 0 spiro atoms. The van der Waals surface area contributed by atoms with E-state index in [4.69, 9.17) is 4.74 Å². The van der Waals surface area contributed by atoms with Gasteiger partial charge in [0.2, 0.25) is 0 Å². The summed E-state index contributed by atoms with van der Waals surface area (Å²) in [6.45, 7) is 8.79. The molecule has 2 aliphatic heterocycles. The van der Waals surface area contributed by atoms with Crippen LogP contribution in [0.2, 0.25) is 0 Å². The summed E-state index contributed by atoms with van der Waals surface area (Å²) in [4.78, 5) is 34.6. The lowest BCUT2D eigenvalue weighted by atomic mass is 10.0. The maximum Gasteiger partial charge on any atom is 0.273 e. The van der Waals surface area contributed by atoms with E-state index in [1.54, 1.807) is 17.4 Å². The lowest BCUT2D eigenvalue weighted by Gasteiger charge is -2.27. The Kier molecular flexibility index (Phi) is 7.22. The van der Waals surface area contributed by atoms with Gasteiger partial charge in [-0.15, -0.1) is 11.3 Å². The van der Waals surface area contributed by atoms with Gasteiger partial charge in [-0.05, 0) is 32.9 Å². The quantitative estimate of drug-likeness (QED) is 0.645. The molecule has 2 aromatic heterocycles. The van der Waals surface area contributed by atoms with Gasteiger partial charge in [-0.3, -0.25) is 19.2 Å². The number of nitrogens with zero attached hydrogens (tertiary/aromatic N) is 5. The number of fused-ring (bicyclic) bond motifs is 1. The smallest absolute Gasteiger partial charge is 0.273 e. The van der Waals surface area contributed by atoms with Crippen LogP contribution in [0.5, 0.6) is 0 Å². The maximum atomic E-state index is 13.2. The highest BCUT2D eigenvalue weighted by Gasteiger charge is 2.32. The number of carbonyl (C=O) groups is 2. The van der Waals surface area contributed by atoms with E-state index in [0.29, 0.717) is 56.6 Å². The van der Waals surface area contributed by atoms with Gasteiger partial charge in [-0.1, -0.05) is 6.92 Å². The third-order valence-electron chi connectivity index (χ3n) is 6.39. The summed E-state index contributed by atoms with van der Waals surface area (Å²) in [7, 11) is 1.65. The topological polar surface area (TPSA) is 92.6 Å². The Morgan fingerprint density at radius 3 is 2.91 bits per heavy atom. The number of hydrogen-bond acceptors (Lipinski definition) is 7. The molecule has 1 saturated heterocycles. The molecule has 4 heterocycles. The molecule has 0 aromatic carbocycles. The fourth-order valence-electron chi connectivity index (χ4n) is 4.67. The van der Waals surface area contributed by atoms with E-state index in [1.807, 2.05) is 11.6 Å². The van der Waals surface area contributed by atoms with Gasteiger partial charge in [-0.25, -0.2) is 4.98 Å². The normalized spacial score (nSPS) is 18.7. The molecule has 0 aliphatic carbocycles. The molecule has 2 aliphatic rings. The van der Waals surface area contributed by atoms with Crippen LogP contribution >= 0.6 is 11.3 Å². The largest absolute Gasteiger partial charge is 0.383 e. The van der Waals surface area contributed by atoms with Crippen molar-refractivity contribution in [2.45, 2.75) is 52.2 Å². The summed E-state index contributed by atoms with van der Waals surface area (Å²) in [5.41, 5.74) is 2.74. The summed E-state index contributed by atoms with van der Waals surface area (Å²) < 4.78 is 7.10. The molecule has 1 unspecified atom stereocenters. The SMILES string of the molecule is CCN1CCCC1CNC(=O)c1nn(CCOC)c2c1CN(C(=O)c1csc(C)n1)CC2. The first kappa shape index (κ1) is 22.9. The molecule has 10 heteroatoms. The Balaban J connectivity index is 1.52. The minimum absolute atomic E-state index is 0.0967. The average molecular weight is 461 g/mol. The summed E-state index contributed by atoms with van der Waals surface area (Å²) in [6, 6.07) is 0.376. The average Bonchev–Trinajstić information content (AvgIpc) is 3.53. The van der Waals surface area contributed by atoms with Crippen molar-refractivity contribution in [3.05, 3.63) is 33.0 Å². The van der Waals surface area contributed by atoms with Crippen molar-refractivity contribution in [2.24, 2.45) is 0 Å². The van der Waals surface area contributed by atoms with Gasteiger partial charge in [0.05, 0.1) is 24.7 Å². The number of aryl methyl sites for hydroxylation is 1. The first-order valence-electron chi connectivity index (χ1n) is 11.3. The number of methoxy groups -OCH3 is 1. The monoisotopic (exact) mass is 460 g/mol. The van der Waals surface area contributed by atoms with Crippen molar-refractivity contribution in [1.29, 1.82) is 0 Å². The summed E-state index contributed by atoms with van der Waals surface area (Å²) in [5.74, 6) is -0.264. The third-order valence-corrected chi connectivity index (χ3v) is 7.16. The number of rotatable bonds is 8. The number of aromatic nitrogens is 3. The number of likely N-dealkylation sites (N-methyl/N-ethyl adjacent to an activating group) is 1. The lowest BCUT2D eigenvalue weighted by Crippen LogP contribution is -2.41. The molecule has 32 heavy (non-hydrogen) atoms. The molecule has 4 rings (SSSR count). The number of carbonyl (C=O) groups excluding carboxylic acids is 2. The van der Waals surface area contributed by atoms with Gasteiger partial charge in [-0.2, -0.15) is 5.10 Å². The molecule has 174 valence electrons. The van der Waals surface area contributed by atoms with Crippen molar-refractivity contribution < 1.29 is 14.3 Å². The molecule has 1 fully saturated rings. The molecule has 0 saturated carbocycles. The van der Waals surface area contributed by atoms with Crippen molar-refractivity contribution in [1.82, 2.24) is 29.9 Å². The third kappa shape index (κ3) is 4.72. The molecule has 0 radical (unpaired) electrons. The molecular formula is C22H32N6O3S. The summed E-state index contributed by atoms with van der Waals surface area (Å²) in [6.07, 6.45) is 2.92. The lowest BCUT2D eigenvalue weighted by molar-refractivity contribution is 0.0724. The second kappa shape index (κ2) is 10.1. The van der Waals surface area contributed by atoms with Gasteiger partial charge < -0.3 is 15.0 Å². The summed E-state index contributed by atoms with van der Waals surface area (Å²) in [5, 5.41) is 10.4. The fraction of sp³-hybridized carbons (Fsp3) is 0.636. The summed E-state index contributed by atoms with van der Waals surface area (Å²) >= 11 is 1.47. The minimum atomic E-state index is -0.167. The Labute approximate surface area is 192 Å². The van der Waals surface area contributed by atoms with E-state index in [-0.39, 0.29) is 11.8 Å². The van der Waals surface area contributed by atoms with E-state index < -0.39 is 0 Å². The van der Waals surface area contributed by atoms with Crippen LogP contribution in [-0.4, -0.2) is 82.3 Å². The highest BCUT2D eigenvalue weighted by Crippen LogP contribution is 2.25. The van der Waals surface area contributed by atoms with Crippen LogP contribution in [0, 0.1) is 6.92 Å². The molecule has 1 atom stereocenters. The van der Waals surface area contributed by atoms with E-state index in [0.717, 1.165) is 35.8 Å². The Morgan fingerprint density at radius 2 is 2.19 bits per heavy atom. The Bertz CT molecular complexity index is 971. The zero-order valence-corrected chi connectivity index (χ0v) is 19.9. The van der Waals surface area contributed by atoms with Crippen LogP contribution in [0.15, 0.2) is 5.38 Å². The van der Waals surface area contributed by atoms with Gasteiger partial charge in [0.15, 0.2) is 5.69 Å². The van der Waals surface area contributed by atoms with E-state index in [9.17, 15) is 9.59 Å². The Hall–Kier alpha value is -2.30. The molecule has 9 nitrogen and oxygen atoms in total. The molecule has 0 bridgehead atoms. The van der Waals surface area contributed by atoms with Gasteiger partial charge in [0, 0.05) is 49.3 Å². The zero-order chi connectivity index (χ0) is 22.7. The molecule has 1 N–H and O–H groups in total. The van der Waals surface area contributed by atoms with Gasteiger partial charge >= 0.3 is 0 Å². The molecule has 2 amide bonds. The molecule has 2 aromatic rings. The van der Waals surface area contributed by atoms with Crippen molar-refractivity contribution in [2.75, 3.05) is 39.9 Å². The number of amides is 2. The van der Waals surface area contributed by atoms with Gasteiger partial charge in [0.1, 0.15) is 5.69 Å². The Morgan fingerprint density at radius 1 is 1.34 bits per heavy atom. The standard InChI is InChI=1S/C22H32N6O3S/c1-4-26-8-5-6-16(26)12-23-21(29)20-17-13-27(22(30)18-14-32-15(2)24-18)9-7-19(17)28(25-20)10-11-31-3/h14,16H,4-13H2,1-3H3,(H,23,29). The van der Waals surface area contributed by atoms with Crippen LogP contribution in [0.25, 0.3) is 0 Å². The second-order valence-electron chi connectivity index (χ2n) is 8.35. The van der Waals surface area contributed by atoms with Gasteiger partial charge in [0.25, 0.3) is 11.8 Å². The van der Waals surface area contributed by atoms with Crippen LogP contribution in [0.3, 0.4) is 0 Å². The highest BCUT2D eigenvalue weighted by atomic mass is 32.1. The van der Waals surface area contributed by atoms with Crippen LogP contribution in [0.1, 0.15) is 57.0 Å². The van der Waals surface area contributed by atoms with E-state index in [1.165, 1.54) is 17.8 Å². The first-order valence-corrected chi connectivity index (χ1v) is 12.2. The van der Waals surface area contributed by atoms with Crippen molar-refractivity contribution in [3.8, 4) is 0 Å². The van der Waals surface area contributed by atoms with Crippen LogP contribution in [0.4, 0.5) is 0 Å². The second-order valence-corrected chi connectivity index (χ2v) is 9.42. The number of likely N-dealkylation sites (tertiary alicyclic amines) is 1. The van der Waals surface area contributed by atoms with E-state index in [2.05, 4.69) is 27.2 Å². The highest BCUT2D eigenvalue weighted by molar-refractivity contribution is 7.09. The minimum Gasteiger partial charge on any atom is -0.383 e. The number of ether oxygens (including phenoxy) is 1. The van der Waals surface area contributed by atoms with Crippen LogP contribution < -0.4 is 5.32 Å². The number of hydrogen-bond donors (Lipinski definition) is 1.